The molecule has 1 N–H and O–H groups in total. The topological polar surface area (TPSA) is 63.6 Å². The molecule has 0 radical (unpaired) electrons. The van der Waals surface area contributed by atoms with E-state index in [-0.39, 0.29) is 0 Å². The van der Waals surface area contributed by atoms with Gasteiger partial charge >= 0.3 is 6.80 Å². The van der Waals surface area contributed by atoms with Crippen LogP contribution >= 0.6 is 18.2 Å². The van der Waals surface area contributed by atoms with E-state index in [1.54, 1.807) is 0 Å². The molecule has 2 unspecified atom stereocenters. The van der Waals surface area contributed by atoms with Crippen molar-refractivity contribution in [3.8, 4) is 0 Å². The molecule has 0 aromatic heterocycles. The number of rotatable bonds is 6. The molecule has 0 amide bonds. The van der Waals surface area contributed by atoms with Gasteiger partial charge in [-0.3, -0.25) is 4.21 Å². The largest absolute Gasteiger partial charge is 0.386 e. The minimum atomic E-state index is -3.46. The van der Waals surface area contributed by atoms with Crippen molar-refractivity contribution < 1.29 is 18.2 Å². The molecule has 0 aromatic carbocycles. The second-order valence-corrected chi connectivity index (χ2v) is 7.91. The lowest BCUT2D eigenvalue weighted by Gasteiger charge is -2.06. The summed E-state index contributed by atoms with van der Waals surface area (Å²) in [6.45, 7) is -1.64. The van der Waals surface area contributed by atoms with Gasteiger partial charge in [0.1, 0.15) is 0 Å². The molecule has 0 aromatic rings. The van der Waals surface area contributed by atoms with Crippen molar-refractivity contribution in [2.24, 2.45) is 0 Å². The molecule has 0 aliphatic carbocycles. The molecular weight excluding hydrogens is 219 g/mol. The van der Waals surface area contributed by atoms with E-state index in [1.165, 1.54) is 7.11 Å². The van der Waals surface area contributed by atoms with Crippen LogP contribution in [0.4, 0.5) is 0 Å². The Kier molecular flexibility index (Phi) is 6.49. The minimum Gasteiger partial charge on any atom is -0.316 e. The van der Waals surface area contributed by atoms with E-state index in [9.17, 15) is 8.77 Å². The van der Waals surface area contributed by atoms with Crippen LogP contribution in [0.25, 0.3) is 0 Å². The van der Waals surface area contributed by atoms with E-state index in [0.29, 0.717) is 17.3 Å². The molecule has 4 nitrogen and oxygen atoms in total. The van der Waals surface area contributed by atoms with Crippen LogP contribution in [-0.2, 0) is 19.9 Å². The third kappa shape index (κ3) is 6.20. The lowest BCUT2D eigenvalue weighted by Crippen LogP contribution is -2.01. The summed E-state index contributed by atoms with van der Waals surface area (Å²) < 4.78 is 26.0. The Morgan fingerprint density at radius 2 is 2.25 bits per heavy atom. The van der Waals surface area contributed by atoms with Crippen LogP contribution in [0.15, 0.2) is 0 Å². The molecular formula is C5H13O4PS2. The maximum absolute atomic E-state index is 10.9. The first-order valence-electron chi connectivity index (χ1n) is 3.40. The maximum atomic E-state index is 10.9. The molecule has 2 atom stereocenters. The molecule has 0 spiro atoms. The van der Waals surface area contributed by atoms with Crippen molar-refractivity contribution in [3.05, 3.63) is 0 Å². The van der Waals surface area contributed by atoms with Crippen molar-refractivity contribution >= 4 is 29.0 Å². The first kappa shape index (κ1) is 12.7. The van der Waals surface area contributed by atoms with Crippen LogP contribution in [-0.4, -0.2) is 33.5 Å². The highest BCUT2D eigenvalue weighted by atomic mass is 32.7. The van der Waals surface area contributed by atoms with E-state index in [4.69, 9.17) is 4.89 Å². The summed E-state index contributed by atoms with van der Waals surface area (Å²) in [7, 11) is 0.313. The van der Waals surface area contributed by atoms with Crippen LogP contribution in [0, 0.1) is 0 Å². The van der Waals surface area contributed by atoms with Crippen molar-refractivity contribution in [2.75, 3.05) is 24.4 Å². The van der Waals surface area contributed by atoms with Crippen molar-refractivity contribution in [2.45, 2.75) is 6.92 Å². The highest BCUT2D eigenvalue weighted by Gasteiger charge is 2.17. The van der Waals surface area contributed by atoms with E-state index in [0.717, 1.165) is 11.4 Å². The van der Waals surface area contributed by atoms with E-state index < -0.39 is 17.6 Å². The average Bonchev–Trinajstić information content (AvgIpc) is 2.04. The van der Waals surface area contributed by atoms with Gasteiger partial charge in [-0.25, -0.2) is 4.57 Å². The van der Waals surface area contributed by atoms with Gasteiger partial charge in [-0.2, -0.15) is 0 Å². The van der Waals surface area contributed by atoms with E-state index >= 15 is 0 Å². The van der Waals surface area contributed by atoms with Crippen molar-refractivity contribution in [1.29, 1.82) is 0 Å². The second-order valence-electron chi connectivity index (χ2n) is 1.92. The van der Waals surface area contributed by atoms with E-state index in [1.807, 2.05) is 6.92 Å². The Balaban J connectivity index is 3.57. The maximum Gasteiger partial charge on any atom is 0.386 e. The standard InChI is InChI=1S/C5H13O4PS2/c1-3-12(8)5-4-11-10(6,7)9-2/h3-5H2,1-2H3,(H,6,7). The van der Waals surface area contributed by atoms with Gasteiger partial charge in [0.05, 0.1) is 0 Å². The highest BCUT2D eigenvalue weighted by molar-refractivity contribution is 8.54. The molecule has 0 bridgehead atoms. The Hall–Kier alpha value is 0.650. The zero-order valence-electron chi connectivity index (χ0n) is 7.06. The van der Waals surface area contributed by atoms with E-state index in [2.05, 4.69) is 4.52 Å². The monoisotopic (exact) mass is 232 g/mol. The van der Waals surface area contributed by atoms with Gasteiger partial charge in [0.25, 0.3) is 0 Å². The summed E-state index contributed by atoms with van der Waals surface area (Å²) in [4.78, 5) is 8.91. The third-order valence-electron chi connectivity index (χ3n) is 1.12. The molecule has 12 heavy (non-hydrogen) atoms. The zero-order valence-corrected chi connectivity index (χ0v) is 9.58. The fraction of sp³-hybridized carbons (Fsp3) is 1.00. The van der Waals surface area contributed by atoms with Crippen LogP contribution in [0.1, 0.15) is 6.92 Å². The molecule has 0 saturated carbocycles. The van der Waals surface area contributed by atoms with Crippen LogP contribution in [0.2, 0.25) is 0 Å². The predicted octanol–water partition coefficient (Wildman–Crippen LogP) is 1.23. The van der Waals surface area contributed by atoms with Crippen molar-refractivity contribution in [3.63, 3.8) is 0 Å². The molecule has 0 saturated heterocycles. The quantitative estimate of drug-likeness (QED) is 0.698. The third-order valence-corrected chi connectivity index (χ3v) is 5.83. The smallest absolute Gasteiger partial charge is 0.316 e. The number of hydrogen-bond donors (Lipinski definition) is 1. The molecule has 0 rings (SSSR count). The summed E-state index contributed by atoms with van der Waals surface area (Å²) in [6, 6.07) is 0. The summed E-state index contributed by atoms with van der Waals surface area (Å²) in [5.74, 6) is 1.42. The second kappa shape index (κ2) is 6.16. The fourth-order valence-corrected chi connectivity index (χ4v) is 3.79. The molecule has 0 heterocycles. The van der Waals surface area contributed by atoms with Gasteiger partial charge < -0.3 is 9.42 Å². The molecule has 0 aliphatic heterocycles. The SMILES string of the molecule is CCS(=O)CCSP(=O)(O)OC. The summed E-state index contributed by atoms with van der Waals surface area (Å²) in [5, 5.41) is 0. The zero-order chi connectivity index (χ0) is 9.61. The molecule has 7 heteroatoms. The normalized spacial score (nSPS) is 18.6. The predicted molar refractivity (Wildman–Crippen MR) is 52.8 cm³/mol. The van der Waals surface area contributed by atoms with Gasteiger partial charge in [0.2, 0.25) is 0 Å². The van der Waals surface area contributed by atoms with Gasteiger partial charge in [-0.1, -0.05) is 6.92 Å². The summed E-state index contributed by atoms with van der Waals surface area (Å²) >= 11 is 0.818. The van der Waals surface area contributed by atoms with Crippen LogP contribution < -0.4 is 0 Å². The number of hydrogen-bond acceptors (Lipinski definition) is 4. The van der Waals surface area contributed by atoms with Gasteiger partial charge in [-0.05, 0) is 11.4 Å². The first-order valence-corrected chi connectivity index (χ1v) is 8.05. The Labute approximate surface area is 78.8 Å². The van der Waals surface area contributed by atoms with Gasteiger partial charge in [-0.15, -0.1) is 0 Å². The minimum absolute atomic E-state index is 0.391. The Bertz CT molecular complexity index is 196. The average molecular weight is 232 g/mol. The Morgan fingerprint density at radius 3 is 2.67 bits per heavy atom. The molecule has 0 fully saturated rings. The molecule has 74 valence electrons. The lowest BCUT2D eigenvalue weighted by molar-refractivity contribution is 0.336. The van der Waals surface area contributed by atoms with Gasteiger partial charge in [0.15, 0.2) is 0 Å². The van der Waals surface area contributed by atoms with Crippen LogP contribution in [0.5, 0.6) is 0 Å². The summed E-state index contributed by atoms with van der Waals surface area (Å²) in [5.41, 5.74) is 0. The van der Waals surface area contributed by atoms with Crippen molar-refractivity contribution in [1.82, 2.24) is 0 Å². The van der Waals surface area contributed by atoms with Gasteiger partial charge in [0, 0.05) is 35.2 Å². The molecule has 0 aliphatic rings. The highest BCUT2D eigenvalue weighted by Crippen LogP contribution is 2.54. The Morgan fingerprint density at radius 1 is 1.67 bits per heavy atom. The van der Waals surface area contributed by atoms with Crippen LogP contribution in [0.3, 0.4) is 0 Å². The summed E-state index contributed by atoms with van der Waals surface area (Å²) in [6.07, 6.45) is 0. The first-order chi connectivity index (χ1) is 5.52. The fourth-order valence-electron chi connectivity index (χ4n) is 0.443. The lowest BCUT2D eigenvalue weighted by atomic mass is 10.9.